The van der Waals surface area contributed by atoms with Gasteiger partial charge in [-0.05, 0) is 169 Å². The molecular formula is C107H69BN6. The van der Waals surface area contributed by atoms with E-state index < -0.39 is 0 Å². The highest BCUT2D eigenvalue weighted by Gasteiger charge is 2.46. The van der Waals surface area contributed by atoms with Gasteiger partial charge in [0.25, 0.3) is 6.71 Å². The Labute approximate surface area is 659 Å². The van der Waals surface area contributed by atoms with E-state index in [1.807, 2.05) is 6.07 Å². The first kappa shape index (κ1) is 64.1. The zero-order valence-electron chi connectivity index (χ0n) is 62.9. The lowest BCUT2D eigenvalue weighted by molar-refractivity contribution is 0.591. The summed E-state index contributed by atoms with van der Waals surface area (Å²) in [6.07, 6.45) is 0. The topological polar surface area (TPSA) is 44.0 Å². The quantitative estimate of drug-likeness (QED) is 0.135. The Hall–Kier alpha value is -14.7. The Bertz CT molecular complexity index is 7730. The molecule has 0 atom stereocenters. The SMILES string of the molecule is CC(C)(C)c1ccc2c(c1)c1cc(C#N)ccc1n2-c1ccc2c(c1)N(c1c(-c3ccccc3)cccc1-c1ccccc1)c1cc(-c3ccc4c(c3)c3cccc5c6ccccc6n4c53)cc3c1B2c1ccc(-c2ccc4c(c2)c2cccc5c6ccccc6n4c52)cc1N3c1c(-c2ccccc2)cccc1-c1ccccc1. The van der Waals surface area contributed by atoms with Crippen molar-refractivity contribution in [3.05, 3.63) is 375 Å². The molecule has 7 heterocycles. The summed E-state index contributed by atoms with van der Waals surface area (Å²) in [5.74, 6) is 0. The molecule has 0 saturated heterocycles. The minimum absolute atomic E-state index is 0.122. The second-order valence-electron chi connectivity index (χ2n) is 32.1. The van der Waals surface area contributed by atoms with Crippen LogP contribution in [0.3, 0.4) is 0 Å². The monoisotopic (exact) mass is 1450 g/mol. The maximum absolute atomic E-state index is 10.6. The van der Waals surface area contributed by atoms with Crippen LogP contribution < -0.4 is 26.2 Å². The summed E-state index contributed by atoms with van der Waals surface area (Å²) in [6, 6.07) is 139. The molecule has 2 aliphatic rings. The van der Waals surface area contributed by atoms with Crippen LogP contribution in [0.15, 0.2) is 364 Å². The third kappa shape index (κ3) is 9.19. The van der Waals surface area contributed by atoms with E-state index in [1.165, 1.54) is 98.1 Å². The van der Waals surface area contributed by atoms with Crippen molar-refractivity contribution >= 4 is 155 Å². The molecule has 24 rings (SSSR count). The van der Waals surface area contributed by atoms with Gasteiger partial charge >= 0.3 is 0 Å². The first-order valence-electron chi connectivity index (χ1n) is 39.6. The van der Waals surface area contributed by atoms with Gasteiger partial charge in [-0.1, -0.05) is 288 Å². The molecule has 0 bridgehead atoms. The van der Waals surface area contributed by atoms with Crippen molar-refractivity contribution in [3.63, 3.8) is 0 Å². The van der Waals surface area contributed by atoms with Gasteiger partial charge in [0.2, 0.25) is 0 Å². The number of hydrogen-bond donors (Lipinski definition) is 0. The Morgan fingerprint density at radius 2 is 0.640 bits per heavy atom. The number of fused-ring (bicyclic) bond motifs is 19. The minimum atomic E-state index is -0.308. The lowest BCUT2D eigenvalue weighted by Gasteiger charge is -2.46. The second kappa shape index (κ2) is 24.1. The molecule has 17 aromatic carbocycles. The molecule has 0 unspecified atom stereocenters. The number of anilines is 6. The molecule has 530 valence electrons. The summed E-state index contributed by atoms with van der Waals surface area (Å²) in [7, 11) is 0. The van der Waals surface area contributed by atoms with Crippen LogP contribution in [0.2, 0.25) is 0 Å². The normalized spacial score (nSPS) is 12.8. The summed E-state index contributed by atoms with van der Waals surface area (Å²) in [6.45, 7) is 6.53. The van der Waals surface area contributed by atoms with E-state index >= 15 is 0 Å². The highest BCUT2D eigenvalue weighted by molar-refractivity contribution is 7.00. The summed E-state index contributed by atoms with van der Waals surface area (Å²) < 4.78 is 7.43. The fraction of sp³-hybridized carbons (Fsp3) is 0.0374. The van der Waals surface area contributed by atoms with Gasteiger partial charge in [0.05, 0.1) is 67.1 Å². The third-order valence-electron chi connectivity index (χ3n) is 25.0. The van der Waals surface area contributed by atoms with Crippen molar-refractivity contribution in [2.75, 3.05) is 9.80 Å². The van der Waals surface area contributed by atoms with Crippen molar-refractivity contribution in [2.45, 2.75) is 26.2 Å². The molecule has 0 amide bonds. The van der Waals surface area contributed by atoms with Crippen LogP contribution in [0.5, 0.6) is 0 Å². The number of nitriles is 1. The van der Waals surface area contributed by atoms with E-state index in [4.69, 9.17) is 0 Å². The highest BCUT2D eigenvalue weighted by Crippen LogP contribution is 2.56. The van der Waals surface area contributed by atoms with Gasteiger partial charge in [0.15, 0.2) is 0 Å². The summed E-state index contributed by atoms with van der Waals surface area (Å²) in [5, 5.41) is 22.8. The number of hydrogen-bond acceptors (Lipinski definition) is 3. The van der Waals surface area contributed by atoms with Gasteiger partial charge in [0, 0.05) is 105 Å². The first-order chi connectivity index (χ1) is 56.2. The van der Waals surface area contributed by atoms with Gasteiger partial charge in [-0.25, -0.2) is 0 Å². The fourth-order valence-corrected chi connectivity index (χ4v) is 20.0. The first-order valence-corrected chi connectivity index (χ1v) is 39.6. The molecule has 0 saturated carbocycles. The van der Waals surface area contributed by atoms with Gasteiger partial charge in [-0.15, -0.1) is 0 Å². The van der Waals surface area contributed by atoms with Crippen LogP contribution in [-0.4, -0.2) is 20.1 Å². The average Bonchev–Trinajstić information content (AvgIpc) is 0.849. The molecule has 0 spiro atoms. The average molecular weight is 1450 g/mol. The lowest BCUT2D eigenvalue weighted by atomic mass is 9.33. The van der Waals surface area contributed by atoms with Crippen LogP contribution in [-0.2, 0) is 5.41 Å². The smallest absolute Gasteiger partial charge is 0.252 e. The highest BCUT2D eigenvalue weighted by atomic mass is 15.2. The maximum atomic E-state index is 10.6. The van der Waals surface area contributed by atoms with Gasteiger partial charge in [0.1, 0.15) is 0 Å². The van der Waals surface area contributed by atoms with Gasteiger partial charge < -0.3 is 23.2 Å². The predicted molar refractivity (Wildman–Crippen MR) is 480 cm³/mol. The Balaban J connectivity index is 0.855. The summed E-state index contributed by atoms with van der Waals surface area (Å²) in [4.78, 5) is 5.37. The number of aromatic nitrogens is 3. The van der Waals surface area contributed by atoms with E-state index in [2.05, 4.69) is 408 Å². The molecule has 0 radical (unpaired) electrons. The zero-order valence-corrected chi connectivity index (χ0v) is 62.9. The van der Waals surface area contributed by atoms with E-state index in [0.717, 1.165) is 128 Å². The van der Waals surface area contributed by atoms with E-state index in [0.29, 0.717) is 5.56 Å². The Morgan fingerprint density at radius 3 is 1.13 bits per heavy atom. The van der Waals surface area contributed by atoms with Gasteiger partial charge in [-0.2, -0.15) is 5.26 Å². The van der Waals surface area contributed by atoms with Crippen LogP contribution in [0.1, 0.15) is 31.9 Å². The molecular weight excluding hydrogens is 1380 g/mol. The molecule has 6 nitrogen and oxygen atoms in total. The molecule has 5 aromatic heterocycles. The van der Waals surface area contributed by atoms with Crippen LogP contribution >= 0.6 is 0 Å². The predicted octanol–water partition coefficient (Wildman–Crippen LogP) is 26.3. The number of nitrogens with zero attached hydrogens (tertiary/aromatic N) is 6. The standard InChI is InChI=1S/C107H69BN6/c1-107(2,3)74-48-55-95-89(62-74)86-56-65(64-109)44-52-94(86)110(95)75-49-51-91-99(63-75)114(104-78(68-28-12-6-13-29-68)36-21-37-79(104)69-30-14-7-15-31-69)101-61-73(71-47-54-97-88(58-71)85-41-23-39-83-81-33-17-19-43-93(81)112(97)106(83)85)60-100-102(101)108(91)90-50-45-72(70-46-53-96-87(57-70)84-40-22-38-82-80-32-16-18-42-92(80)111(96)105(82)84)59-98(90)113(100)103-76(66-24-8-4-9-25-66)34-20-35-77(103)67-26-10-5-11-27-67/h4-63H,1-3H3. The van der Waals surface area contributed by atoms with E-state index in [-0.39, 0.29) is 12.1 Å². The second-order valence-corrected chi connectivity index (χ2v) is 32.1. The minimum Gasteiger partial charge on any atom is -0.310 e. The van der Waals surface area contributed by atoms with Crippen molar-refractivity contribution in [1.82, 2.24) is 13.4 Å². The maximum Gasteiger partial charge on any atom is 0.252 e. The number of benzene rings is 17. The zero-order chi connectivity index (χ0) is 75.3. The van der Waals surface area contributed by atoms with Crippen LogP contribution in [0, 0.1) is 11.3 Å². The fourth-order valence-electron chi connectivity index (χ4n) is 20.0. The van der Waals surface area contributed by atoms with Crippen molar-refractivity contribution < 1.29 is 0 Å². The molecule has 114 heavy (non-hydrogen) atoms. The largest absolute Gasteiger partial charge is 0.310 e. The lowest BCUT2D eigenvalue weighted by Crippen LogP contribution is -2.61. The van der Waals surface area contributed by atoms with Crippen molar-refractivity contribution in [2.24, 2.45) is 0 Å². The van der Waals surface area contributed by atoms with Crippen molar-refractivity contribution in [1.29, 1.82) is 5.26 Å². The molecule has 22 aromatic rings. The Morgan fingerprint density at radius 1 is 0.272 bits per heavy atom. The van der Waals surface area contributed by atoms with E-state index in [9.17, 15) is 5.26 Å². The molecule has 0 N–H and O–H groups in total. The van der Waals surface area contributed by atoms with Crippen molar-refractivity contribution in [3.8, 4) is 78.5 Å². The summed E-state index contributed by atoms with van der Waals surface area (Å²) >= 11 is 0. The molecule has 7 heteroatoms. The molecule has 0 aliphatic carbocycles. The van der Waals surface area contributed by atoms with E-state index in [1.54, 1.807) is 0 Å². The number of para-hydroxylation sites is 6. The molecule has 2 aliphatic heterocycles. The van der Waals surface area contributed by atoms with Crippen LogP contribution in [0.4, 0.5) is 34.1 Å². The Kier molecular flexibility index (Phi) is 13.6. The van der Waals surface area contributed by atoms with Gasteiger partial charge in [-0.3, -0.25) is 0 Å². The third-order valence-corrected chi connectivity index (χ3v) is 25.0. The summed E-state index contributed by atoms with van der Waals surface area (Å²) in [5.41, 5.74) is 35.6. The number of rotatable bonds is 9. The molecule has 0 fully saturated rings. The van der Waals surface area contributed by atoms with Crippen LogP contribution in [0.25, 0.3) is 170 Å².